The molecule has 0 saturated carbocycles. The second-order valence-electron chi connectivity index (χ2n) is 4.16. The molecule has 2 rings (SSSR count). The maximum atomic E-state index is 11.8. The van der Waals surface area contributed by atoms with Gasteiger partial charge in [0.25, 0.3) is 0 Å². The molecule has 2 aromatic carbocycles. The molecule has 0 saturated heterocycles. The van der Waals surface area contributed by atoms with Gasteiger partial charge in [0.2, 0.25) is 0 Å². The van der Waals surface area contributed by atoms with Crippen LogP contribution in [0, 0.1) is 0 Å². The van der Waals surface area contributed by atoms with E-state index in [4.69, 9.17) is 21.1 Å². The summed E-state index contributed by atoms with van der Waals surface area (Å²) in [6.07, 6.45) is -0.690. The van der Waals surface area contributed by atoms with Gasteiger partial charge in [0, 0.05) is 0 Å². The zero-order valence-electron chi connectivity index (χ0n) is 11.3. The largest absolute Gasteiger partial charge is 0.504 e. The summed E-state index contributed by atoms with van der Waals surface area (Å²) < 4.78 is 10.1. The standard InChI is InChI=1S/C15H14ClNO4/c1-20-14-12(18)8-7-11(16)13(14)17-15(19)21-9-10-5-3-2-4-6-10/h2-8,18H,9H2,1H3,(H,17,19). The highest BCUT2D eigenvalue weighted by molar-refractivity contribution is 6.34. The Morgan fingerprint density at radius 3 is 2.62 bits per heavy atom. The second-order valence-corrected chi connectivity index (χ2v) is 4.57. The van der Waals surface area contributed by atoms with Gasteiger partial charge in [-0.05, 0) is 17.7 Å². The summed E-state index contributed by atoms with van der Waals surface area (Å²) in [5.74, 6) is -0.0422. The molecule has 0 unspecified atom stereocenters. The van der Waals surface area contributed by atoms with Gasteiger partial charge in [0.15, 0.2) is 11.5 Å². The Morgan fingerprint density at radius 2 is 1.95 bits per heavy atom. The Morgan fingerprint density at radius 1 is 1.24 bits per heavy atom. The molecule has 0 radical (unpaired) electrons. The van der Waals surface area contributed by atoms with Gasteiger partial charge in [-0.15, -0.1) is 0 Å². The van der Waals surface area contributed by atoms with Gasteiger partial charge in [-0.1, -0.05) is 41.9 Å². The molecule has 110 valence electrons. The molecule has 0 heterocycles. The third kappa shape index (κ3) is 3.79. The minimum atomic E-state index is -0.690. The minimum Gasteiger partial charge on any atom is -0.504 e. The molecule has 0 fully saturated rings. The van der Waals surface area contributed by atoms with E-state index in [0.717, 1.165) is 5.56 Å². The Kier molecular flexibility index (Phi) is 4.90. The minimum absolute atomic E-state index is 0.0826. The molecule has 0 aliphatic carbocycles. The molecule has 2 N–H and O–H groups in total. The van der Waals surface area contributed by atoms with Crippen molar-refractivity contribution in [3.05, 3.63) is 53.1 Å². The smallest absolute Gasteiger partial charge is 0.412 e. The fourth-order valence-corrected chi connectivity index (χ4v) is 1.93. The van der Waals surface area contributed by atoms with Crippen molar-refractivity contribution in [3.63, 3.8) is 0 Å². The fraction of sp³-hybridized carbons (Fsp3) is 0.133. The van der Waals surface area contributed by atoms with Crippen LogP contribution in [-0.2, 0) is 11.3 Å². The first-order valence-electron chi connectivity index (χ1n) is 6.15. The number of phenolic OH excluding ortho intramolecular Hbond substituents is 1. The number of carbonyl (C=O) groups is 1. The van der Waals surface area contributed by atoms with Gasteiger partial charge in [-0.3, -0.25) is 5.32 Å². The van der Waals surface area contributed by atoms with Gasteiger partial charge in [-0.25, -0.2) is 4.79 Å². The Balaban J connectivity index is 2.05. The number of hydrogen-bond donors (Lipinski definition) is 2. The van der Waals surface area contributed by atoms with Crippen molar-refractivity contribution in [1.82, 2.24) is 0 Å². The number of rotatable bonds is 4. The number of carbonyl (C=O) groups excluding carboxylic acids is 1. The number of halogens is 1. The van der Waals surface area contributed by atoms with Gasteiger partial charge in [0.05, 0.1) is 12.1 Å². The molecule has 2 aromatic rings. The first-order valence-corrected chi connectivity index (χ1v) is 6.52. The molecular formula is C15H14ClNO4. The predicted octanol–water partition coefficient (Wildman–Crippen LogP) is 3.80. The topological polar surface area (TPSA) is 67.8 Å². The summed E-state index contributed by atoms with van der Waals surface area (Å²) in [6, 6.07) is 12.1. The van der Waals surface area contributed by atoms with E-state index in [-0.39, 0.29) is 28.8 Å². The SMILES string of the molecule is COc1c(O)ccc(Cl)c1NC(=O)OCc1ccccc1. The third-order valence-corrected chi connectivity index (χ3v) is 3.04. The van der Waals surface area contributed by atoms with Crippen LogP contribution in [0.1, 0.15) is 5.56 Å². The monoisotopic (exact) mass is 307 g/mol. The Bertz CT molecular complexity index is 631. The number of phenols is 1. The van der Waals surface area contributed by atoms with Crippen LogP contribution in [0.4, 0.5) is 10.5 Å². The van der Waals surface area contributed by atoms with E-state index >= 15 is 0 Å². The number of hydrogen-bond acceptors (Lipinski definition) is 4. The molecule has 0 bridgehead atoms. The second kappa shape index (κ2) is 6.85. The lowest BCUT2D eigenvalue weighted by Crippen LogP contribution is -2.14. The molecule has 5 nitrogen and oxygen atoms in total. The summed E-state index contributed by atoms with van der Waals surface area (Å²) in [5, 5.41) is 12.4. The first kappa shape index (κ1) is 15.0. The number of methoxy groups -OCH3 is 1. The molecule has 0 aliphatic rings. The van der Waals surface area contributed by atoms with Crippen molar-refractivity contribution < 1.29 is 19.4 Å². The van der Waals surface area contributed by atoms with E-state index in [2.05, 4.69) is 5.32 Å². The number of benzene rings is 2. The highest BCUT2D eigenvalue weighted by Gasteiger charge is 2.16. The van der Waals surface area contributed by atoms with Crippen LogP contribution in [0.2, 0.25) is 5.02 Å². The normalized spacial score (nSPS) is 10.0. The molecule has 0 aromatic heterocycles. The predicted molar refractivity (Wildman–Crippen MR) is 79.9 cm³/mol. The number of amides is 1. The number of anilines is 1. The van der Waals surface area contributed by atoms with Crippen LogP contribution in [0.5, 0.6) is 11.5 Å². The van der Waals surface area contributed by atoms with Crippen LogP contribution >= 0.6 is 11.6 Å². The van der Waals surface area contributed by atoms with Crippen LogP contribution in [-0.4, -0.2) is 18.3 Å². The number of ether oxygens (including phenoxy) is 2. The summed E-state index contributed by atoms with van der Waals surface area (Å²) in [7, 11) is 1.37. The number of aromatic hydroxyl groups is 1. The van der Waals surface area contributed by atoms with Crippen molar-refractivity contribution in [3.8, 4) is 11.5 Å². The van der Waals surface area contributed by atoms with Crippen LogP contribution in [0.25, 0.3) is 0 Å². The van der Waals surface area contributed by atoms with E-state index in [1.165, 1.54) is 19.2 Å². The molecule has 0 atom stereocenters. The lowest BCUT2D eigenvalue weighted by Gasteiger charge is -2.13. The van der Waals surface area contributed by atoms with Crippen molar-refractivity contribution >= 4 is 23.4 Å². The van der Waals surface area contributed by atoms with Crippen molar-refractivity contribution in [1.29, 1.82) is 0 Å². The average Bonchev–Trinajstić information content (AvgIpc) is 2.50. The summed E-state index contributed by atoms with van der Waals surface area (Å²) in [4.78, 5) is 11.8. The molecular weight excluding hydrogens is 294 g/mol. The molecule has 1 amide bonds. The van der Waals surface area contributed by atoms with Crippen molar-refractivity contribution in [2.75, 3.05) is 12.4 Å². The Hall–Kier alpha value is -2.40. The molecule has 0 spiro atoms. The summed E-state index contributed by atoms with van der Waals surface area (Å²) in [6.45, 7) is 0.130. The van der Waals surface area contributed by atoms with Crippen LogP contribution in [0.3, 0.4) is 0 Å². The van der Waals surface area contributed by atoms with E-state index < -0.39 is 6.09 Å². The van der Waals surface area contributed by atoms with E-state index in [0.29, 0.717) is 0 Å². The quantitative estimate of drug-likeness (QED) is 0.901. The average molecular weight is 308 g/mol. The molecule has 0 aliphatic heterocycles. The van der Waals surface area contributed by atoms with Gasteiger partial charge < -0.3 is 14.6 Å². The highest BCUT2D eigenvalue weighted by Crippen LogP contribution is 2.39. The maximum Gasteiger partial charge on any atom is 0.412 e. The van der Waals surface area contributed by atoms with E-state index in [9.17, 15) is 9.90 Å². The van der Waals surface area contributed by atoms with Crippen LogP contribution in [0.15, 0.2) is 42.5 Å². The van der Waals surface area contributed by atoms with E-state index in [1.807, 2.05) is 30.3 Å². The first-order chi connectivity index (χ1) is 10.1. The molecule has 21 heavy (non-hydrogen) atoms. The zero-order chi connectivity index (χ0) is 15.2. The fourth-order valence-electron chi connectivity index (χ4n) is 1.73. The maximum absolute atomic E-state index is 11.8. The third-order valence-electron chi connectivity index (χ3n) is 2.73. The van der Waals surface area contributed by atoms with Crippen molar-refractivity contribution in [2.24, 2.45) is 0 Å². The molecule has 6 heteroatoms. The Labute approximate surface area is 127 Å². The van der Waals surface area contributed by atoms with Gasteiger partial charge >= 0.3 is 6.09 Å². The van der Waals surface area contributed by atoms with Crippen molar-refractivity contribution in [2.45, 2.75) is 6.61 Å². The van der Waals surface area contributed by atoms with Gasteiger partial charge in [-0.2, -0.15) is 0 Å². The lowest BCUT2D eigenvalue weighted by molar-refractivity contribution is 0.155. The summed E-state index contributed by atoms with van der Waals surface area (Å²) >= 11 is 5.98. The lowest BCUT2D eigenvalue weighted by atomic mass is 10.2. The van der Waals surface area contributed by atoms with E-state index in [1.54, 1.807) is 0 Å². The number of nitrogens with one attached hydrogen (secondary N) is 1. The van der Waals surface area contributed by atoms with Crippen LogP contribution < -0.4 is 10.1 Å². The van der Waals surface area contributed by atoms with Gasteiger partial charge in [0.1, 0.15) is 12.3 Å². The zero-order valence-corrected chi connectivity index (χ0v) is 12.1. The highest BCUT2D eigenvalue weighted by atomic mass is 35.5. The summed E-state index contributed by atoms with van der Waals surface area (Å²) in [5.41, 5.74) is 1.03.